The van der Waals surface area contributed by atoms with E-state index >= 15 is 0 Å². The number of aryl methyl sites for hydroxylation is 1. The summed E-state index contributed by atoms with van der Waals surface area (Å²) in [6, 6.07) is 24.9. The van der Waals surface area contributed by atoms with Gasteiger partial charge in [0.15, 0.2) is 0 Å². The second kappa shape index (κ2) is 7.44. The number of benzene rings is 3. The maximum absolute atomic E-state index is 13.2. The number of pyridine rings is 1. The van der Waals surface area contributed by atoms with Crippen LogP contribution in [0.1, 0.15) is 22.3 Å². The topological polar surface area (TPSA) is 71.1 Å². The van der Waals surface area contributed by atoms with E-state index in [0.717, 1.165) is 33.4 Å². The summed E-state index contributed by atoms with van der Waals surface area (Å²) in [6.45, 7) is 0. The number of hydrogen-bond acceptors (Lipinski definition) is 3. The summed E-state index contributed by atoms with van der Waals surface area (Å²) in [6.07, 6.45) is 1.13. The molecular weight excluding hydrogens is 374 g/mol. The number of carbonyl (C=O) groups is 2. The van der Waals surface area contributed by atoms with Crippen LogP contribution >= 0.6 is 0 Å². The Labute approximate surface area is 173 Å². The van der Waals surface area contributed by atoms with Crippen LogP contribution in [0.3, 0.4) is 0 Å². The first-order valence-electron chi connectivity index (χ1n) is 9.87. The minimum Gasteiger partial charge on any atom is -0.326 e. The monoisotopic (exact) mass is 393 g/mol. The Morgan fingerprint density at radius 1 is 0.900 bits per heavy atom. The maximum Gasteiger partial charge on any atom is 0.256 e. The fraction of sp³-hybridized carbons (Fsp3) is 0.0800. The normalized spacial score (nSPS) is 12.9. The van der Waals surface area contributed by atoms with E-state index in [1.807, 2.05) is 78.9 Å². The zero-order valence-electron chi connectivity index (χ0n) is 16.2. The first-order chi connectivity index (χ1) is 14.7. The highest BCUT2D eigenvalue weighted by atomic mass is 16.2. The molecule has 3 aromatic carbocycles. The molecule has 0 atom stereocenters. The van der Waals surface area contributed by atoms with Crippen LogP contribution in [0.25, 0.3) is 22.2 Å². The molecule has 4 aromatic rings. The average Bonchev–Trinajstić information content (AvgIpc) is 2.79. The van der Waals surface area contributed by atoms with Gasteiger partial charge in [0.05, 0.1) is 16.8 Å². The van der Waals surface area contributed by atoms with Crippen molar-refractivity contribution in [2.45, 2.75) is 12.8 Å². The van der Waals surface area contributed by atoms with Crippen LogP contribution in [0.15, 0.2) is 78.9 Å². The van der Waals surface area contributed by atoms with E-state index in [4.69, 9.17) is 4.98 Å². The third-order valence-corrected chi connectivity index (χ3v) is 5.29. The highest BCUT2D eigenvalue weighted by molar-refractivity contribution is 6.13. The molecule has 0 saturated carbocycles. The summed E-state index contributed by atoms with van der Waals surface area (Å²) in [5.41, 5.74) is 5.61. The molecule has 0 bridgehead atoms. The number of nitrogens with one attached hydrogen (secondary N) is 2. The van der Waals surface area contributed by atoms with Crippen molar-refractivity contribution in [2.75, 3.05) is 10.6 Å². The number of anilines is 2. The first kappa shape index (κ1) is 18.1. The van der Waals surface area contributed by atoms with Crippen molar-refractivity contribution in [2.24, 2.45) is 0 Å². The average molecular weight is 393 g/mol. The van der Waals surface area contributed by atoms with Crippen LogP contribution in [0, 0.1) is 0 Å². The summed E-state index contributed by atoms with van der Waals surface area (Å²) < 4.78 is 0. The molecular formula is C25H19N3O2. The third-order valence-electron chi connectivity index (χ3n) is 5.29. The number of amides is 2. The molecule has 0 saturated heterocycles. The Balaban J connectivity index is 1.52. The van der Waals surface area contributed by atoms with Crippen molar-refractivity contribution in [1.82, 2.24) is 4.98 Å². The Morgan fingerprint density at radius 3 is 2.57 bits per heavy atom. The smallest absolute Gasteiger partial charge is 0.256 e. The fourth-order valence-corrected chi connectivity index (χ4v) is 3.78. The van der Waals surface area contributed by atoms with Crippen molar-refractivity contribution in [3.8, 4) is 11.3 Å². The van der Waals surface area contributed by atoms with Gasteiger partial charge >= 0.3 is 0 Å². The molecule has 2 amide bonds. The number of rotatable bonds is 3. The van der Waals surface area contributed by atoms with Gasteiger partial charge in [0.1, 0.15) is 0 Å². The number of nitrogens with zero attached hydrogens (tertiary/aromatic N) is 1. The summed E-state index contributed by atoms with van der Waals surface area (Å²) >= 11 is 0. The van der Waals surface area contributed by atoms with Crippen molar-refractivity contribution in [3.05, 3.63) is 90.0 Å². The standard InChI is InChI=1S/C25H19N3O2/c29-24-13-10-17-14-18(11-12-21(17)28-24)26-25(30)20-15-23(16-6-2-1-3-7-16)27-22-9-5-4-8-19(20)22/h1-9,11-12,14-15H,10,13H2,(H,26,30)(H,28,29). The summed E-state index contributed by atoms with van der Waals surface area (Å²) in [4.78, 5) is 29.5. The van der Waals surface area contributed by atoms with Gasteiger partial charge in [-0.3, -0.25) is 9.59 Å². The van der Waals surface area contributed by atoms with Gasteiger partial charge in [-0.05, 0) is 42.3 Å². The minimum absolute atomic E-state index is 0.0241. The summed E-state index contributed by atoms with van der Waals surface area (Å²) in [5, 5.41) is 6.68. The predicted octanol–water partition coefficient (Wildman–Crippen LogP) is 5.04. The molecule has 2 heterocycles. The summed E-state index contributed by atoms with van der Waals surface area (Å²) in [5.74, 6) is -0.165. The second-order valence-corrected chi connectivity index (χ2v) is 7.31. The van der Waals surface area contributed by atoms with Gasteiger partial charge in [-0.25, -0.2) is 4.98 Å². The molecule has 30 heavy (non-hydrogen) atoms. The van der Waals surface area contributed by atoms with Crippen molar-refractivity contribution < 1.29 is 9.59 Å². The lowest BCUT2D eigenvalue weighted by Crippen LogP contribution is -2.19. The van der Waals surface area contributed by atoms with E-state index < -0.39 is 0 Å². The quantitative estimate of drug-likeness (QED) is 0.512. The van der Waals surface area contributed by atoms with Crippen LogP contribution in [0.2, 0.25) is 0 Å². The van der Waals surface area contributed by atoms with E-state index in [2.05, 4.69) is 10.6 Å². The molecule has 1 aromatic heterocycles. The van der Waals surface area contributed by atoms with Crippen molar-refractivity contribution in [3.63, 3.8) is 0 Å². The predicted molar refractivity (Wildman–Crippen MR) is 119 cm³/mol. The lowest BCUT2D eigenvalue weighted by atomic mass is 10.0. The lowest BCUT2D eigenvalue weighted by Gasteiger charge is -2.18. The highest BCUT2D eigenvalue weighted by Crippen LogP contribution is 2.28. The van der Waals surface area contributed by atoms with Crippen molar-refractivity contribution in [1.29, 1.82) is 0 Å². The third kappa shape index (κ3) is 3.42. The van der Waals surface area contributed by atoms with Gasteiger partial charge in [-0.2, -0.15) is 0 Å². The Bertz CT molecular complexity index is 1280. The number of fused-ring (bicyclic) bond motifs is 2. The van der Waals surface area contributed by atoms with E-state index in [9.17, 15) is 9.59 Å². The molecule has 5 rings (SSSR count). The van der Waals surface area contributed by atoms with Crippen LogP contribution in [0.5, 0.6) is 0 Å². The zero-order chi connectivity index (χ0) is 20.5. The molecule has 2 N–H and O–H groups in total. The molecule has 0 fully saturated rings. The maximum atomic E-state index is 13.2. The van der Waals surface area contributed by atoms with E-state index in [0.29, 0.717) is 24.1 Å². The molecule has 1 aliphatic heterocycles. The minimum atomic E-state index is -0.189. The van der Waals surface area contributed by atoms with Gasteiger partial charge in [-0.15, -0.1) is 0 Å². The number of hydrogen-bond donors (Lipinski definition) is 2. The molecule has 146 valence electrons. The van der Waals surface area contributed by atoms with Crippen LogP contribution in [-0.4, -0.2) is 16.8 Å². The molecule has 0 unspecified atom stereocenters. The highest BCUT2D eigenvalue weighted by Gasteiger charge is 2.17. The Morgan fingerprint density at radius 2 is 1.70 bits per heavy atom. The van der Waals surface area contributed by atoms with Gasteiger partial charge in [0.25, 0.3) is 5.91 Å². The fourth-order valence-electron chi connectivity index (χ4n) is 3.78. The largest absolute Gasteiger partial charge is 0.326 e. The van der Waals surface area contributed by atoms with Crippen molar-refractivity contribution >= 4 is 34.1 Å². The Kier molecular flexibility index (Phi) is 4.48. The van der Waals surface area contributed by atoms with Crippen LogP contribution in [0.4, 0.5) is 11.4 Å². The van der Waals surface area contributed by atoms with Gasteiger partial charge in [0, 0.05) is 28.7 Å². The van der Waals surface area contributed by atoms with E-state index in [1.165, 1.54) is 0 Å². The molecule has 5 nitrogen and oxygen atoms in total. The van der Waals surface area contributed by atoms with Gasteiger partial charge < -0.3 is 10.6 Å². The van der Waals surface area contributed by atoms with E-state index in [-0.39, 0.29) is 11.8 Å². The molecule has 0 aliphatic carbocycles. The van der Waals surface area contributed by atoms with E-state index in [1.54, 1.807) is 0 Å². The van der Waals surface area contributed by atoms with Crippen LogP contribution < -0.4 is 10.6 Å². The zero-order valence-corrected chi connectivity index (χ0v) is 16.2. The first-order valence-corrected chi connectivity index (χ1v) is 9.87. The molecule has 1 aliphatic rings. The second-order valence-electron chi connectivity index (χ2n) is 7.31. The lowest BCUT2D eigenvalue weighted by molar-refractivity contribution is -0.116. The SMILES string of the molecule is O=C1CCc2cc(NC(=O)c3cc(-c4ccccc4)nc4ccccc34)ccc2N1. The van der Waals surface area contributed by atoms with Gasteiger partial charge in [0.2, 0.25) is 5.91 Å². The van der Waals surface area contributed by atoms with Crippen LogP contribution in [-0.2, 0) is 11.2 Å². The number of carbonyl (C=O) groups excluding carboxylic acids is 2. The molecule has 0 spiro atoms. The molecule has 5 heteroatoms. The Hall–Kier alpha value is -3.99. The number of aromatic nitrogens is 1. The molecule has 0 radical (unpaired) electrons. The van der Waals surface area contributed by atoms with Gasteiger partial charge in [-0.1, -0.05) is 48.5 Å². The summed E-state index contributed by atoms with van der Waals surface area (Å²) in [7, 11) is 0. The number of para-hydroxylation sites is 1.